The standard InChI is InChI=1S/C13H7F5N4O2/c14-9-6(5-20-8(23)3-4-19)1-2-7(10(9)15)11-21-12(24-22-11)13(16,17)18/h1-2H,3,5H2,(H,20,23). The Hall–Kier alpha value is -3.03. The van der Waals surface area contributed by atoms with Gasteiger partial charge in [-0.15, -0.1) is 0 Å². The summed E-state index contributed by atoms with van der Waals surface area (Å²) in [4.78, 5) is 14.1. The number of carbonyl (C=O) groups is 1. The minimum Gasteiger partial charge on any atom is -0.351 e. The number of amides is 1. The van der Waals surface area contributed by atoms with Crippen LogP contribution >= 0.6 is 0 Å². The molecule has 0 atom stereocenters. The number of aromatic nitrogens is 2. The molecule has 2 rings (SSSR count). The summed E-state index contributed by atoms with van der Waals surface area (Å²) in [6, 6.07) is 3.58. The Morgan fingerprint density at radius 3 is 2.58 bits per heavy atom. The molecule has 2 aromatic rings. The van der Waals surface area contributed by atoms with Gasteiger partial charge in [0.1, 0.15) is 6.42 Å². The predicted octanol–water partition coefficient (Wildman–Crippen LogP) is 2.56. The van der Waals surface area contributed by atoms with E-state index in [9.17, 15) is 26.7 Å². The molecule has 24 heavy (non-hydrogen) atoms. The second kappa shape index (κ2) is 6.61. The monoisotopic (exact) mass is 346 g/mol. The number of carbonyl (C=O) groups excluding carboxylic acids is 1. The fourth-order valence-electron chi connectivity index (χ4n) is 1.67. The third-order valence-corrected chi connectivity index (χ3v) is 2.79. The molecule has 0 fully saturated rings. The smallest absolute Gasteiger partial charge is 0.351 e. The van der Waals surface area contributed by atoms with Crippen LogP contribution < -0.4 is 5.32 Å². The Kier molecular flexibility index (Phi) is 4.77. The third-order valence-electron chi connectivity index (χ3n) is 2.79. The molecule has 0 bridgehead atoms. The Balaban J connectivity index is 2.25. The maximum Gasteiger partial charge on any atom is 0.471 e. The second-order valence-corrected chi connectivity index (χ2v) is 4.43. The number of halogens is 5. The molecule has 0 aliphatic rings. The van der Waals surface area contributed by atoms with Crippen LogP contribution in [0.2, 0.25) is 0 Å². The van der Waals surface area contributed by atoms with Crippen LogP contribution in [0.15, 0.2) is 16.7 Å². The summed E-state index contributed by atoms with van der Waals surface area (Å²) < 4.78 is 69.0. The van der Waals surface area contributed by atoms with Gasteiger partial charge in [0.25, 0.3) is 0 Å². The zero-order valence-electron chi connectivity index (χ0n) is 11.6. The molecule has 1 heterocycles. The molecular weight excluding hydrogens is 339 g/mol. The number of hydrogen-bond donors (Lipinski definition) is 1. The number of benzene rings is 1. The molecule has 0 spiro atoms. The lowest BCUT2D eigenvalue weighted by Crippen LogP contribution is -2.22. The zero-order valence-corrected chi connectivity index (χ0v) is 11.6. The molecule has 0 saturated heterocycles. The molecule has 11 heteroatoms. The van der Waals surface area contributed by atoms with Gasteiger partial charge >= 0.3 is 12.1 Å². The van der Waals surface area contributed by atoms with Crippen molar-refractivity contribution >= 4 is 5.91 Å². The van der Waals surface area contributed by atoms with Gasteiger partial charge < -0.3 is 9.84 Å². The molecule has 1 aromatic heterocycles. The number of hydrogen-bond acceptors (Lipinski definition) is 5. The highest BCUT2D eigenvalue weighted by Gasteiger charge is 2.38. The molecule has 1 aromatic carbocycles. The summed E-state index contributed by atoms with van der Waals surface area (Å²) in [5.41, 5.74) is -0.888. The molecule has 0 aliphatic carbocycles. The summed E-state index contributed by atoms with van der Waals surface area (Å²) in [5.74, 6) is -6.02. The Morgan fingerprint density at radius 1 is 1.29 bits per heavy atom. The lowest BCUT2D eigenvalue weighted by Gasteiger charge is -2.07. The molecule has 0 radical (unpaired) electrons. The molecular formula is C13H7F5N4O2. The third kappa shape index (κ3) is 3.65. The van der Waals surface area contributed by atoms with E-state index in [0.717, 1.165) is 12.1 Å². The lowest BCUT2D eigenvalue weighted by molar-refractivity contribution is -0.159. The van der Waals surface area contributed by atoms with Crippen LogP contribution in [-0.2, 0) is 17.5 Å². The van der Waals surface area contributed by atoms with E-state index in [0.29, 0.717) is 0 Å². The van der Waals surface area contributed by atoms with E-state index in [-0.39, 0.29) is 5.56 Å². The first-order valence-electron chi connectivity index (χ1n) is 6.26. The van der Waals surface area contributed by atoms with Crippen molar-refractivity contribution in [3.05, 3.63) is 35.2 Å². The van der Waals surface area contributed by atoms with E-state index in [1.54, 1.807) is 6.07 Å². The van der Waals surface area contributed by atoms with Crippen LogP contribution in [0.25, 0.3) is 11.4 Å². The van der Waals surface area contributed by atoms with Crippen molar-refractivity contribution < 1.29 is 31.3 Å². The van der Waals surface area contributed by atoms with Crippen molar-refractivity contribution in [2.75, 3.05) is 0 Å². The van der Waals surface area contributed by atoms with E-state index in [1.165, 1.54) is 0 Å². The molecule has 0 unspecified atom stereocenters. The quantitative estimate of drug-likeness (QED) is 0.859. The summed E-state index contributed by atoms with van der Waals surface area (Å²) in [5, 5.41) is 13.5. The summed E-state index contributed by atoms with van der Waals surface area (Å²) in [7, 11) is 0. The maximum absolute atomic E-state index is 14.0. The SMILES string of the molecule is N#CCC(=O)NCc1ccc(-c2noc(C(F)(F)F)n2)c(F)c1F. The highest BCUT2D eigenvalue weighted by molar-refractivity contribution is 5.77. The highest BCUT2D eigenvalue weighted by Crippen LogP contribution is 2.30. The van der Waals surface area contributed by atoms with E-state index >= 15 is 0 Å². The first-order chi connectivity index (χ1) is 11.2. The molecule has 126 valence electrons. The van der Waals surface area contributed by atoms with Gasteiger partial charge in [0.05, 0.1) is 11.6 Å². The largest absolute Gasteiger partial charge is 0.471 e. The topological polar surface area (TPSA) is 91.8 Å². The maximum atomic E-state index is 14.0. The zero-order chi connectivity index (χ0) is 17.9. The van der Waals surface area contributed by atoms with Gasteiger partial charge in [-0.05, 0) is 6.07 Å². The van der Waals surface area contributed by atoms with Crippen LogP contribution in [0.5, 0.6) is 0 Å². The number of nitrogens with zero attached hydrogens (tertiary/aromatic N) is 3. The van der Waals surface area contributed by atoms with Gasteiger partial charge in [-0.1, -0.05) is 11.2 Å². The minimum atomic E-state index is -4.91. The lowest BCUT2D eigenvalue weighted by atomic mass is 10.1. The molecule has 1 amide bonds. The Bertz CT molecular complexity index is 810. The average molecular weight is 346 g/mol. The normalized spacial score (nSPS) is 11.2. The van der Waals surface area contributed by atoms with Crippen molar-refractivity contribution in [2.24, 2.45) is 0 Å². The van der Waals surface area contributed by atoms with Gasteiger partial charge in [-0.3, -0.25) is 4.79 Å². The van der Waals surface area contributed by atoms with Crippen molar-refractivity contribution in [3.63, 3.8) is 0 Å². The number of nitriles is 1. The first-order valence-corrected chi connectivity index (χ1v) is 6.26. The second-order valence-electron chi connectivity index (χ2n) is 4.43. The highest BCUT2D eigenvalue weighted by atomic mass is 19.4. The van der Waals surface area contributed by atoms with E-state index in [4.69, 9.17) is 5.26 Å². The van der Waals surface area contributed by atoms with Crippen molar-refractivity contribution in [1.29, 1.82) is 5.26 Å². The van der Waals surface area contributed by atoms with Crippen molar-refractivity contribution in [1.82, 2.24) is 15.5 Å². The Labute approximate surface area is 130 Å². The summed E-state index contributed by atoms with van der Waals surface area (Å²) >= 11 is 0. The van der Waals surface area contributed by atoms with Gasteiger partial charge in [0.2, 0.25) is 11.7 Å². The van der Waals surface area contributed by atoms with Crippen LogP contribution in [-0.4, -0.2) is 16.0 Å². The van der Waals surface area contributed by atoms with Gasteiger partial charge in [0.15, 0.2) is 11.6 Å². The van der Waals surface area contributed by atoms with Crippen LogP contribution in [0, 0.1) is 23.0 Å². The van der Waals surface area contributed by atoms with E-state index in [1.807, 2.05) is 0 Å². The summed E-state index contributed by atoms with van der Waals surface area (Å²) in [6.45, 7) is -0.399. The fourth-order valence-corrected chi connectivity index (χ4v) is 1.67. The molecule has 1 N–H and O–H groups in total. The van der Waals surface area contributed by atoms with Crippen molar-refractivity contribution in [3.8, 4) is 17.5 Å². The predicted molar refractivity (Wildman–Crippen MR) is 66.7 cm³/mol. The number of nitrogens with one attached hydrogen (secondary N) is 1. The summed E-state index contributed by atoms with van der Waals surface area (Å²) in [6.07, 6.45) is -5.36. The van der Waals surface area contributed by atoms with E-state index in [2.05, 4.69) is 20.0 Å². The average Bonchev–Trinajstić information content (AvgIpc) is 2.99. The van der Waals surface area contributed by atoms with E-state index < -0.39 is 54.0 Å². The van der Waals surface area contributed by atoms with Crippen LogP contribution in [0.4, 0.5) is 22.0 Å². The van der Waals surface area contributed by atoms with Gasteiger partial charge in [-0.2, -0.15) is 23.4 Å². The van der Waals surface area contributed by atoms with Crippen LogP contribution in [0.3, 0.4) is 0 Å². The van der Waals surface area contributed by atoms with Gasteiger partial charge in [-0.25, -0.2) is 8.78 Å². The molecule has 6 nitrogen and oxygen atoms in total. The minimum absolute atomic E-state index is 0.262. The number of alkyl halides is 3. The fraction of sp³-hybridized carbons (Fsp3) is 0.231. The van der Waals surface area contributed by atoms with Crippen LogP contribution in [0.1, 0.15) is 17.9 Å². The Morgan fingerprint density at radius 2 is 2.00 bits per heavy atom. The van der Waals surface area contributed by atoms with Gasteiger partial charge in [0, 0.05) is 12.1 Å². The number of rotatable bonds is 4. The molecule has 0 saturated carbocycles. The first kappa shape index (κ1) is 17.3. The molecule has 0 aliphatic heterocycles. The van der Waals surface area contributed by atoms with Crippen molar-refractivity contribution in [2.45, 2.75) is 19.1 Å².